The molecule has 24 heavy (non-hydrogen) atoms. The predicted molar refractivity (Wildman–Crippen MR) is 96.6 cm³/mol. The lowest BCUT2D eigenvalue weighted by Crippen LogP contribution is -2.01. The van der Waals surface area contributed by atoms with E-state index in [9.17, 15) is 4.39 Å². The van der Waals surface area contributed by atoms with Crippen LogP contribution in [0.2, 0.25) is 0 Å². The first kappa shape index (κ1) is 17.3. The summed E-state index contributed by atoms with van der Waals surface area (Å²) in [4.78, 5) is 0. The maximum atomic E-state index is 14.8. The third-order valence-corrected chi connectivity index (χ3v) is 3.36. The second kappa shape index (κ2) is 7.99. The SMILES string of the molecule is C=C=C=C=C=C(F)c1c(/C=C/C)c(C(C)C)nn1-c1ccccc1. The molecule has 0 saturated carbocycles. The van der Waals surface area contributed by atoms with E-state index in [4.69, 9.17) is 0 Å². The normalized spacial score (nSPS) is 10.2. The van der Waals surface area contributed by atoms with Crippen LogP contribution >= 0.6 is 0 Å². The first-order chi connectivity index (χ1) is 11.6. The molecule has 0 atom stereocenters. The van der Waals surface area contributed by atoms with Gasteiger partial charge in [0.25, 0.3) is 0 Å². The molecule has 3 heteroatoms. The lowest BCUT2D eigenvalue weighted by molar-refractivity contribution is 0.723. The van der Waals surface area contributed by atoms with Crippen LogP contribution < -0.4 is 0 Å². The Labute approximate surface area is 142 Å². The summed E-state index contributed by atoms with van der Waals surface area (Å²) in [6.07, 6.45) is 3.74. The third-order valence-electron chi connectivity index (χ3n) is 3.36. The number of hydrogen-bond acceptors (Lipinski definition) is 1. The van der Waals surface area contributed by atoms with Gasteiger partial charge in [-0.2, -0.15) is 9.49 Å². The standard InChI is InChI=1S/C21H19FN2/c1-5-7-9-15-19(22)21-18(12-6-2)20(16(3)4)23-24(21)17-13-10-8-11-14-17/h6,8,10-14,16H,1H2,2-4H3/b12-6+. The molecule has 1 aromatic carbocycles. The monoisotopic (exact) mass is 318 g/mol. The van der Waals surface area contributed by atoms with Crippen molar-refractivity contribution in [2.24, 2.45) is 0 Å². The van der Waals surface area contributed by atoms with Gasteiger partial charge < -0.3 is 0 Å². The fourth-order valence-corrected chi connectivity index (χ4v) is 2.36. The Hall–Kier alpha value is -3.04. The molecule has 0 amide bonds. The number of hydrogen-bond donors (Lipinski definition) is 0. The van der Waals surface area contributed by atoms with E-state index in [0.717, 1.165) is 16.9 Å². The molecule has 2 nitrogen and oxygen atoms in total. The van der Waals surface area contributed by atoms with E-state index >= 15 is 0 Å². The summed E-state index contributed by atoms with van der Waals surface area (Å²) in [5, 5.41) is 4.64. The lowest BCUT2D eigenvalue weighted by Gasteiger charge is -2.05. The van der Waals surface area contributed by atoms with Gasteiger partial charge in [-0.05, 0) is 48.7 Å². The zero-order valence-corrected chi connectivity index (χ0v) is 14.1. The van der Waals surface area contributed by atoms with Gasteiger partial charge in [0.05, 0.1) is 11.4 Å². The molecular formula is C21H19FN2. The molecule has 0 spiro atoms. The van der Waals surface area contributed by atoms with Crippen LogP contribution in [-0.2, 0) is 0 Å². The molecule has 120 valence electrons. The number of aromatic nitrogens is 2. The van der Waals surface area contributed by atoms with Crippen LogP contribution in [-0.4, -0.2) is 9.78 Å². The van der Waals surface area contributed by atoms with Crippen molar-refractivity contribution in [2.75, 3.05) is 0 Å². The molecule has 0 aliphatic carbocycles. The summed E-state index contributed by atoms with van der Waals surface area (Å²) in [7, 11) is 0. The van der Waals surface area contributed by atoms with E-state index in [-0.39, 0.29) is 5.92 Å². The van der Waals surface area contributed by atoms with Crippen molar-refractivity contribution in [1.29, 1.82) is 0 Å². The van der Waals surface area contributed by atoms with Gasteiger partial charge in [0.2, 0.25) is 5.83 Å². The molecule has 0 aliphatic rings. The number of para-hydroxylation sites is 1. The highest BCUT2D eigenvalue weighted by Gasteiger charge is 2.22. The quantitative estimate of drug-likeness (QED) is 0.672. The summed E-state index contributed by atoms with van der Waals surface area (Å²) in [5.74, 6) is -0.408. The van der Waals surface area contributed by atoms with E-state index in [1.54, 1.807) is 4.68 Å². The Morgan fingerprint density at radius 3 is 2.54 bits per heavy atom. The number of rotatable bonds is 4. The summed E-state index contributed by atoms with van der Waals surface area (Å²) in [6, 6.07) is 9.46. The maximum Gasteiger partial charge on any atom is 0.200 e. The minimum Gasteiger partial charge on any atom is -0.229 e. The topological polar surface area (TPSA) is 17.8 Å². The molecule has 0 N–H and O–H groups in total. The van der Waals surface area contributed by atoms with Gasteiger partial charge in [-0.15, -0.1) is 0 Å². The first-order valence-electron chi connectivity index (χ1n) is 7.72. The van der Waals surface area contributed by atoms with E-state index in [1.807, 2.05) is 63.3 Å². The summed E-state index contributed by atoms with van der Waals surface area (Å²) < 4.78 is 16.4. The Bertz CT molecular complexity index is 906. The van der Waals surface area contributed by atoms with Gasteiger partial charge in [0.15, 0.2) is 0 Å². The molecule has 0 aliphatic heterocycles. The first-order valence-corrected chi connectivity index (χ1v) is 7.72. The minimum absolute atomic E-state index is 0.153. The van der Waals surface area contributed by atoms with Crippen molar-refractivity contribution in [3.05, 3.63) is 82.9 Å². The Morgan fingerprint density at radius 2 is 1.96 bits per heavy atom. The van der Waals surface area contributed by atoms with Crippen molar-refractivity contribution < 1.29 is 4.39 Å². The molecule has 0 saturated heterocycles. The van der Waals surface area contributed by atoms with Gasteiger partial charge >= 0.3 is 0 Å². The molecule has 1 heterocycles. The van der Waals surface area contributed by atoms with Gasteiger partial charge in [-0.3, -0.25) is 0 Å². The molecule has 0 fully saturated rings. The van der Waals surface area contributed by atoms with Gasteiger partial charge in [-0.25, -0.2) is 4.68 Å². The molecular weight excluding hydrogens is 299 g/mol. The van der Waals surface area contributed by atoms with Crippen molar-refractivity contribution in [3.8, 4) is 5.69 Å². The molecule has 1 aromatic heterocycles. The highest BCUT2D eigenvalue weighted by molar-refractivity contribution is 5.71. The van der Waals surface area contributed by atoms with E-state index in [1.165, 1.54) is 0 Å². The van der Waals surface area contributed by atoms with Crippen LogP contribution in [0.15, 0.2) is 65.9 Å². The molecule has 0 bridgehead atoms. The second-order valence-electron chi connectivity index (χ2n) is 5.42. The molecule has 0 radical (unpaired) electrons. The van der Waals surface area contributed by atoms with Gasteiger partial charge in [-0.1, -0.05) is 49.9 Å². The minimum atomic E-state index is -0.561. The number of nitrogens with zero attached hydrogens (tertiary/aromatic N) is 2. The molecule has 2 rings (SSSR count). The van der Waals surface area contributed by atoms with E-state index in [0.29, 0.717) is 5.69 Å². The van der Waals surface area contributed by atoms with E-state index < -0.39 is 5.83 Å². The number of allylic oxidation sites excluding steroid dienone is 1. The molecule has 0 unspecified atom stereocenters. The summed E-state index contributed by atoms with van der Waals surface area (Å²) in [6.45, 7) is 9.33. The zero-order chi connectivity index (χ0) is 17.5. The van der Waals surface area contributed by atoms with Crippen LogP contribution in [0.3, 0.4) is 0 Å². The van der Waals surface area contributed by atoms with E-state index in [2.05, 4.69) is 34.6 Å². The predicted octanol–water partition coefficient (Wildman–Crippen LogP) is 5.59. The summed E-state index contributed by atoms with van der Waals surface area (Å²) >= 11 is 0. The fraction of sp³-hybridized carbons (Fsp3) is 0.190. The third kappa shape index (κ3) is 3.65. The van der Waals surface area contributed by atoms with Crippen molar-refractivity contribution in [2.45, 2.75) is 26.7 Å². The zero-order valence-electron chi connectivity index (χ0n) is 14.1. The van der Waals surface area contributed by atoms with Crippen LogP contribution in [0.25, 0.3) is 17.6 Å². The van der Waals surface area contributed by atoms with Crippen LogP contribution in [0.4, 0.5) is 4.39 Å². The highest BCUT2D eigenvalue weighted by Crippen LogP contribution is 2.30. The largest absolute Gasteiger partial charge is 0.229 e. The summed E-state index contributed by atoms with van der Waals surface area (Å²) in [5.41, 5.74) is 12.5. The number of benzene rings is 1. The van der Waals surface area contributed by atoms with Crippen molar-refractivity contribution >= 4 is 11.9 Å². The second-order valence-corrected chi connectivity index (χ2v) is 5.42. The van der Waals surface area contributed by atoms with Crippen LogP contribution in [0, 0.1) is 0 Å². The van der Waals surface area contributed by atoms with Crippen molar-refractivity contribution in [3.63, 3.8) is 0 Å². The smallest absolute Gasteiger partial charge is 0.200 e. The Morgan fingerprint density at radius 1 is 1.25 bits per heavy atom. The average molecular weight is 318 g/mol. The number of halogens is 1. The van der Waals surface area contributed by atoms with Crippen LogP contribution in [0.1, 0.15) is 43.6 Å². The fourth-order valence-electron chi connectivity index (χ4n) is 2.36. The Kier molecular flexibility index (Phi) is 5.77. The van der Waals surface area contributed by atoms with Crippen LogP contribution in [0.5, 0.6) is 0 Å². The van der Waals surface area contributed by atoms with Gasteiger partial charge in [0.1, 0.15) is 5.69 Å². The average Bonchev–Trinajstić information content (AvgIpc) is 2.96. The Balaban J connectivity index is 2.90. The van der Waals surface area contributed by atoms with Gasteiger partial charge in [0, 0.05) is 5.56 Å². The highest BCUT2D eigenvalue weighted by atomic mass is 19.1. The maximum absolute atomic E-state index is 14.8. The molecule has 2 aromatic rings. The lowest BCUT2D eigenvalue weighted by atomic mass is 10.0. The van der Waals surface area contributed by atoms with Crippen molar-refractivity contribution in [1.82, 2.24) is 9.78 Å².